The average Bonchev–Trinajstić information content (AvgIpc) is 2.07. The number of aromatic carboxylic acids is 1. The van der Waals surface area contributed by atoms with Gasteiger partial charge in [0.15, 0.2) is 0 Å². The molecule has 14 heavy (non-hydrogen) atoms. The van der Waals surface area contributed by atoms with E-state index in [9.17, 15) is 13.6 Å². The first-order chi connectivity index (χ1) is 6.50. The lowest BCUT2D eigenvalue weighted by molar-refractivity contribution is 0.0696. The fourth-order valence-corrected chi connectivity index (χ4v) is 1.58. The zero-order valence-corrected chi connectivity index (χ0v) is 8.28. The maximum absolute atomic E-state index is 11.9. The van der Waals surface area contributed by atoms with E-state index < -0.39 is 11.7 Å². The number of halogens is 3. The Morgan fingerprint density at radius 3 is 2.64 bits per heavy atom. The van der Waals surface area contributed by atoms with Crippen LogP contribution in [-0.2, 0) is 0 Å². The summed E-state index contributed by atoms with van der Waals surface area (Å²) in [5.41, 5.74) is -0.169. The highest BCUT2D eigenvalue weighted by Crippen LogP contribution is 2.28. The molecule has 2 nitrogen and oxygen atoms in total. The molecule has 0 heterocycles. The first-order valence-corrected chi connectivity index (χ1v) is 4.74. The van der Waals surface area contributed by atoms with Gasteiger partial charge >= 0.3 is 5.97 Å². The van der Waals surface area contributed by atoms with Crippen molar-refractivity contribution >= 4 is 29.3 Å². The Morgan fingerprint density at radius 2 is 2.14 bits per heavy atom. The van der Waals surface area contributed by atoms with Crippen LogP contribution >= 0.6 is 23.4 Å². The van der Waals surface area contributed by atoms with Crippen molar-refractivity contribution in [2.75, 3.05) is 0 Å². The van der Waals surface area contributed by atoms with Crippen LogP contribution in [0.5, 0.6) is 0 Å². The van der Waals surface area contributed by atoms with Crippen LogP contribution in [0.2, 0.25) is 5.02 Å². The Bertz CT molecular complexity index is 357. The van der Waals surface area contributed by atoms with Gasteiger partial charge in [0.05, 0.1) is 10.6 Å². The minimum Gasteiger partial charge on any atom is -0.478 e. The predicted molar refractivity (Wildman–Crippen MR) is 50.3 cm³/mol. The highest BCUT2D eigenvalue weighted by atomic mass is 35.5. The van der Waals surface area contributed by atoms with Gasteiger partial charge in [0.2, 0.25) is 0 Å². The summed E-state index contributed by atoms with van der Waals surface area (Å²) in [7, 11) is 0. The van der Waals surface area contributed by atoms with Crippen LogP contribution in [-0.4, -0.2) is 16.8 Å². The van der Waals surface area contributed by atoms with Gasteiger partial charge in [-0.05, 0) is 18.2 Å². The molecule has 1 aromatic rings. The molecule has 76 valence electrons. The van der Waals surface area contributed by atoms with Gasteiger partial charge in [-0.15, -0.1) is 0 Å². The summed E-state index contributed by atoms with van der Waals surface area (Å²) in [6, 6.07) is 3.77. The van der Waals surface area contributed by atoms with Crippen molar-refractivity contribution in [1.29, 1.82) is 0 Å². The van der Waals surface area contributed by atoms with E-state index in [-0.39, 0.29) is 27.2 Å². The molecule has 0 saturated heterocycles. The van der Waals surface area contributed by atoms with E-state index in [1.165, 1.54) is 12.1 Å². The summed E-state index contributed by atoms with van der Waals surface area (Å²) in [5, 5.41) is 8.68. The lowest BCUT2D eigenvalue weighted by Gasteiger charge is -2.02. The van der Waals surface area contributed by atoms with E-state index in [0.717, 1.165) is 6.07 Å². The fourth-order valence-electron chi connectivity index (χ4n) is 0.844. The molecule has 0 aliphatic rings. The van der Waals surface area contributed by atoms with Crippen molar-refractivity contribution in [3.8, 4) is 0 Å². The van der Waals surface area contributed by atoms with E-state index in [1.54, 1.807) is 0 Å². The summed E-state index contributed by atoms with van der Waals surface area (Å²) in [4.78, 5) is 10.8. The third kappa shape index (κ3) is 2.85. The Morgan fingerprint density at radius 1 is 1.50 bits per heavy atom. The Hall–Kier alpha value is -0.810. The molecule has 0 aliphatic heterocycles. The van der Waals surface area contributed by atoms with Gasteiger partial charge in [0.1, 0.15) is 0 Å². The average molecular weight is 239 g/mol. The van der Waals surface area contributed by atoms with Crippen LogP contribution in [0.1, 0.15) is 10.4 Å². The second kappa shape index (κ2) is 4.61. The molecule has 1 aromatic carbocycles. The molecule has 1 rings (SSSR count). The summed E-state index contributed by atoms with van der Waals surface area (Å²) in [6.45, 7) is 0. The molecule has 0 aliphatic carbocycles. The number of rotatable bonds is 3. The van der Waals surface area contributed by atoms with Crippen LogP contribution in [0, 0.1) is 0 Å². The number of alkyl halides is 2. The van der Waals surface area contributed by atoms with Crippen molar-refractivity contribution in [2.45, 2.75) is 10.7 Å². The summed E-state index contributed by atoms with van der Waals surface area (Å²) < 4.78 is 23.9. The third-order valence-corrected chi connectivity index (χ3v) is 2.43. The minimum atomic E-state index is -2.57. The maximum Gasteiger partial charge on any atom is 0.337 e. The van der Waals surface area contributed by atoms with E-state index in [0.29, 0.717) is 0 Å². The SMILES string of the molecule is O=C(O)c1cc(SC(F)F)ccc1Cl. The maximum atomic E-state index is 11.9. The molecule has 0 unspecified atom stereocenters. The van der Waals surface area contributed by atoms with E-state index in [2.05, 4.69) is 0 Å². The second-order valence-electron chi connectivity index (χ2n) is 2.33. The van der Waals surface area contributed by atoms with Gasteiger partial charge < -0.3 is 5.11 Å². The van der Waals surface area contributed by atoms with Gasteiger partial charge in [0.25, 0.3) is 5.76 Å². The van der Waals surface area contributed by atoms with Crippen LogP contribution < -0.4 is 0 Å². The van der Waals surface area contributed by atoms with Crippen molar-refractivity contribution in [3.05, 3.63) is 28.8 Å². The number of hydrogen-bond donors (Lipinski definition) is 1. The number of carboxylic acid groups (broad SMARTS) is 1. The third-order valence-electron chi connectivity index (χ3n) is 1.39. The molecule has 0 fully saturated rings. The first-order valence-electron chi connectivity index (χ1n) is 3.48. The summed E-state index contributed by atoms with van der Waals surface area (Å²) in [6.07, 6.45) is 0. The molecule has 0 aromatic heterocycles. The Labute approximate surface area is 87.9 Å². The molecular weight excluding hydrogens is 234 g/mol. The van der Waals surface area contributed by atoms with Crippen molar-refractivity contribution in [1.82, 2.24) is 0 Å². The molecule has 0 amide bonds. The lowest BCUT2D eigenvalue weighted by atomic mass is 10.2. The number of hydrogen-bond acceptors (Lipinski definition) is 2. The van der Waals surface area contributed by atoms with Gasteiger partial charge in [-0.1, -0.05) is 23.4 Å². The zero-order chi connectivity index (χ0) is 10.7. The largest absolute Gasteiger partial charge is 0.478 e. The minimum absolute atomic E-state index is 0.0381. The topological polar surface area (TPSA) is 37.3 Å². The van der Waals surface area contributed by atoms with Gasteiger partial charge in [-0.25, -0.2) is 4.79 Å². The van der Waals surface area contributed by atoms with E-state index >= 15 is 0 Å². The monoisotopic (exact) mass is 238 g/mol. The van der Waals surface area contributed by atoms with Gasteiger partial charge in [-0.2, -0.15) is 8.78 Å². The van der Waals surface area contributed by atoms with Crippen molar-refractivity contribution < 1.29 is 18.7 Å². The Balaban J connectivity index is 3.00. The predicted octanol–water partition coefficient (Wildman–Crippen LogP) is 3.35. The Kier molecular flexibility index (Phi) is 3.71. The summed E-state index contributed by atoms with van der Waals surface area (Å²) >= 11 is 5.83. The highest BCUT2D eigenvalue weighted by Gasteiger charge is 2.12. The molecule has 1 N–H and O–H groups in total. The molecule has 6 heteroatoms. The fraction of sp³-hybridized carbons (Fsp3) is 0.125. The number of thioether (sulfide) groups is 1. The smallest absolute Gasteiger partial charge is 0.337 e. The van der Waals surface area contributed by atoms with Crippen molar-refractivity contribution in [3.63, 3.8) is 0 Å². The van der Waals surface area contributed by atoms with Crippen LogP contribution in [0.15, 0.2) is 23.1 Å². The van der Waals surface area contributed by atoms with Crippen LogP contribution in [0.3, 0.4) is 0 Å². The van der Waals surface area contributed by atoms with Gasteiger partial charge in [0, 0.05) is 4.90 Å². The quantitative estimate of drug-likeness (QED) is 0.821. The van der Waals surface area contributed by atoms with E-state index in [1.807, 2.05) is 0 Å². The zero-order valence-electron chi connectivity index (χ0n) is 6.71. The van der Waals surface area contributed by atoms with Gasteiger partial charge in [-0.3, -0.25) is 0 Å². The molecule has 0 atom stereocenters. The number of benzene rings is 1. The van der Waals surface area contributed by atoms with Crippen molar-refractivity contribution in [2.24, 2.45) is 0 Å². The normalized spacial score (nSPS) is 10.6. The summed E-state index contributed by atoms with van der Waals surface area (Å²) in [5.74, 6) is -3.80. The molecular formula is C8H5ClF2O2S. The highest BCUT2D eigenvalue weighted by molar-refractivity contribution is 7.99. The molecule has 0 radical (unpaired) electrons. The number of carboxylic acids is 1. The van der Waals surface area contributed by atoms with Crippen LogP contribution in [0.25, 0.3) is 0 Å². The first kappa shape index (κ1) is 11.3. The molecule has 0 bridgehead atoms. The molecule has 0 saturated carbocycles. The standard InChI is InChI=1S/C8H5ClF2O2S/c9-6-2-1-4(14-8(10)11)3-5(6)7(12)13/h1-3,8H,(H,12,13). The lowest BCUT2D eigenvalue weighted by Crippen LogP contribution is -1.97. The van der Waals surface area contributed by atoms with E-state index in [4.69, 9.17) is 16.7 Å². The molecule has 0 spiro atoms. The number of carbonyl (C=O) groups is 1. The van der Waals surface area contributed by atoms with Crippen LogP contribution in [0.4, 0.5) is 8.78 Å². The second-order valence-corrected chi connectivity index (χ2v) is 3.80.